The van der Waals surface area contributed by atoms with Crippen LogP contribution in [0.2, 0.25) is 0 Å². The average Bonchev–Trinajstić information content (AvgIpc) is 2.17. The molecule has 0 bridgehead atoms. The lowest BCUT2D eigenvalue weighted by Gasteiger charge is -2.11. The molecule has 1 aliphatic carbocycles. The SMILES string of the molecule is CCC1C=C[CH+]c2ccccc21. The van der Waals surface area contributed by atoms with E-state index in [1.54, 1.807) is 0 Å². The van der Waals surface area contributed by atoms with Gasteiger partial charge in [0.25, 0.3) is 0 Å². The van der Waals surface area contributed by atoms with Gasteiger partial charge in [-0.3, -0.25) is 0 Å². The van der Waals surface area contributed by atoms with Crippen LogP contribution < -0.4 is 0 Å². The molecular weight excluding hydrogens is 144 g/mol. The van der Waals surface area contributed by atoms with E-state index < -0.39 is 0 Å². The zero-order chi connectivity index (χ0) is 8.39. The van der Waals surface area contributed by atoms with E-state index in [1.807, 2.05) is 0 Å². The first-order valence-corrected chi connectivity index (χ1v) is 4.52. The molecule has 1 aromatic rings. The molecule has 0 heteroatoms. The van der Waals surface area contributed by atoms with Gasteiger partial charge >= 0.3 is 0 Å². The monoisotopic (exact) mass is 157 g/mol. The Morgan fingerprint density at radius 3 is 3.00 bits per heavy atom. The Kier molecular flexibility index (Phi) is 1.91. The quantitative estimate of drug-likeness (QED) is 0.549. The highest BCUT2D eigenvalue weighted by Crippen LogP contribution is 2.29. The first kappa shape index (κ1) is 7.48. The summed E-state index contributed by atoms with van der Waals surface area (Å²) in [6.45, 7) is 2.23. The minimum Gasteiger partial charge on any atom is -0.0628 e. The highest BCUT2D eigenvalue weighted by molar-refractivity contribution is 5.44. The molecule has 0 spiro atoms. The Balaban J connectivity index is 2.43. The standard InChI is InChI=1S/C12H13/c1-2-10-7-5-8-11-6-3-4-9-12(10)11/h3-10H,2H2,1H3/q+1. The van der Waals surface area contributed by atoms with Gasteiger partial charge in [0, 0.05) is 18.6 Å². The fraction of sp³-hybridized carbons (Fsp3) is 0.250. The zero-order valence-electron chi connectivity index (χ0n) is 7.33. The van der Waals surface area contributed by atoms with E-state index in [9.17, 15) is 0 Å². The fourth-order valence-electron chi connectivity index (χ4n) is 1.75. The molecule has 0 radical (unpaired) electrons. The minimum atomic E-state index is 0.631. The molecule has 0 heterocycles. The van der Waals surface area contributed by atoms with Crippen molar-refractivity contribution in [3.8, 4) is 0 Å². The van der Waals surface area contributed by atoms with Crippen molar-refractivity contribution in [2.75, 3.05) is 0 Å². The second kappa shape index (κ2) is 3.06. The van der Waals surface area contributed by atoms with E-state index in [-0.39, 0.29) is 0 Å². The summed E-state index contributed by atoms with van der Waals surface area (Å²) < 4.78 is 0. The summed E-state index contributed by atoms with van der Waals surface area (Å²) in [6.07, 6.45) is 7.82. The lowest BCUT2D eigenvalue weighted by Crippen LogP contribution is -2.01. The van der Waals surface area contributed by atoms with E-state index in [4.69, 9.17) is 0 Å². The number of fused-ring (bicyclic) bond motifs is 1. The summed E-state index contributed by atoms with van der Waals surface area (Å²) in [5.74, 6) is 0.631. The minimum absolute atomic E-state index is 0.631. The maximum Gasteiger partial charge on any atom is 0.0997 e. The summed E-state index contributed by atoms with van der Waals surface area (Å²) in [5, 5.41) is 0. The van der Waals surface area contributed by atoms with Gasteiger partial charge in [-0.05, 0) is 30.7 Å². The predicted molar refractivity (Wildman–Crippen MR) is 52.0 cm³/mol. The van der Waals surface area contributed by atoms with Crippen molar-refractivity contribution in [3.63, 3.8) is 0 Å². The first-order valence-electron chi connectivity index (χ1n) is 4.52. The molecule has 12 heavy (non-hydrogen) atoms. The Bertz CT molecular complexity index is 297. The Morgan fingerprint density at radius 1 is 1.33 bits per heavy atom. The van der Waals surface area contributed by atoms with Gasteiger partial charge in [-0.25, -0.2) is 0 Å². The summed E-state index contributed by atoms with van der Waals surface area (Å²) >= 11 is 0. The molecule has 0 saturated carbocycles. The van der Waals surface area contributed by atoms with Crippen LogP contribution in [0.3, 0.4) is 0 Å². The summed E-state index contributed by atoms with van der Waals surface area (Å²) in [4.78, 5) is 0. The van der Waals surface area contributed by atoms with Gasteiger partial charge in [0.2, 0.25) is 0 Å². The molecular formula is C12H13+. The van der Waals surface area contributed by atoms with E-state index in [0.29, 0.717) is 5.92 Å². The van der Waals surface area contributed by atoms with Crippen molar-refractivity contribution >= 4 is 0 Å². The van der Waals surface area contributed by atoms with E-state index >= 15 is 0 Å². The second-order valence-electron chi connectivity index (χ2n) is 3.20. The first-order chi connectivity index (χ1) is 5.92. The van der Waals surface area contributed by atoms with Gasteiger partial charge in [0.15, 0.2) is 0 Å². The van der Waals surface area contributed by atoms with Crippen molar-refractivity contribution < 1.29 is 0 Å². The number of benzene rings is 1. The van der Waals surface area contributed by atoms with Gasteiger partial charge < -0.3 is 0 Å². The van der Waals surface area contributed by atoms with Gasteiger partial charge in [0.05, 0.1) is 17.0 Å². The molecule has 0 saturated heterocycles. The Morgan fingerprint density at radius 2 is 2.17 bits per heavy atom. The number of hydrogen-bond donors (Lipinski definition) is 0. The molecule has 0 fully saturated rings. The van der Waals surface area contributed by atoms with Crippen molar-refractivity contribution in [2.45, 2.75) is 19.3 Å². The van der Waals surface area contributed by atoms with Crippen LogP contribution in [-0.4, -0.2) is 0 Å². The molecule has 0 nitrogen and oxygen atoms in total. The Labute approximate surface area is 73.9 Å². The van der Waals surface area contributed by atoms with Gasteiger partial charge in [-0.1, -0.05) is 6.92 Å². The van der Waals surface area contributed by atoms with Crippen molar-refractivity contribution in [1.82, 2.24) is 0 Å². The largest absolute Gasteiger partial charge is 0.0997 e. The maximum atomic E-state index is 2.28. The summed E-state index contributed by atoms with van der Waals surface area (Å²) in [5.41, 5.74) is 2.86. The van der Waals surface area contributed by atoms with Crippen molar-refractivity contribution in [1.29, 1.82) is 0 Å². The van der Waals surface area contributed by atoms with E-state index in [0.717, 1.165) is 0 Å². The van der Waals surface area contributed by atoms with Gasteiger partial charge in [0.1, 0.15) is 0 Å². The lowest BCUT2D eigenvalue weighted by molar-refractivity contribution is 0.792. The smallest absolute Gasteiger partial charge is 0.0628 e. The summed E-state index contributed by atoms with van der Waals surface area (Å²) in [7, 11) is 0. The third-order valence-electron chi connectivity index (χ3n) is 2.45. The molecule has 1 unspecified atom stereocenters. The van der Waals surface area contributed by atoms with Gasteiger partial charge in [-0.15, -0.1) is 0 Å². The van der Waals surface area contributed by atoms with Crippen LogP contribution in [0.15, 0.2) is 36.4 Å². The van der Waals surface area contributed by atoms with Crippen LogP contribution in [0.1, 0.15) is 30.4 Å². The molecule has 1 atom stereocenters. The third kappa shape index (κ3) is 1.14. The number of hydrogen-bond acceptors (Lipinski definition) is 0. The van der Waals surface area contributed by atoms with Crippen LogP contribution in [-0.2, 0) is 0 Å². The highest BCUT2D eigenvalue weighted by Gasteiger charge is 2.20. The molecule has 1 aliphatic rings. The molecule has 60 valence electrons. The van der Waals surface area contributed by atoms with Crippen LogP contribution >= 0.6 is 0 Å². The van der Waals surface area contributed by atoms with Crippen LogP contribution in [0.25, 0.3) is 0 Å². The molecule has 0 aromatic heterocycles. The fourth-order valence-corrected chi connectivity index (χ4v) is 1.75. The molecule has 0 amide bonds. The van der Waals surface area contributed by atoms with Crippen molar-refractivity contribution in [2.24, 2.45) is 0 Å². The average molecular weight is 157 g/mol. The van der Waals surface area contributed by atoms with Crippen LogP contribution in [0, 0.1) is 6.42 Å². The van der Waals surface area contributed by atoms with E-state index in [2.05, 4.69) is 49.8 Å². The Hall–Kier alpha value is -1.17. The number of allylic oxidation sites excluding steroid dienone is 2. The third-order valence-corrected chi connectivity index (χ3v) is 2.45. The second-order valence-corrected chi connectivity index (χ2v) is 3.20. The highest BCUT2D eigenvalue weighted by atomic mass is 14.2. The summed E-state index contributed by atoms with van der Waals surface area (Å²) in [6, 6.07) is 8.63. The normalized spacial score (nSPS) is 19.9. The molecule has 2 rings (SSSR count). The molecule has 0 N–H and O–H groups in total. The van der Waals surface area contributed by atoms with Crippen molar-refractivity contribution in [3.05, 3.63) is 54.0 Å². The zero-order valence-corrected chi connectivity index (χ0v) is 7.33. The topological polar surface area (TPSA) is 0 Å². The van der Waals surface area contributed by atoms with Crippen LogP contribution in [0.4, 0.5) is 0 Å². The predicted octanol–water partition coefficient (Wildman–Crippen LogP) is 3.30. The molecule has 0 aliphatic heterocycles. The lowest BCUT2D eigenvalue weighted by atomic mass is 9.86. The van der Waals surface area contributed by atoms with Gasteiger partial charge in [-0.2, -0.15) is 0 Å². The van der Waals surface area contributed by atoms with Crippen LogP contribution in [0.5, 0.6) is 0 Å². The number of rotatable bonds is 1. The molecule has 1 aromatic carbocycles. The maximum absolute atomic E-state index is 2.28. The van der Waals surface area contributed by atoms with E-state index in [1.165, 1.54) is 17.5 Å².